The molecular weight excluding hydrogens is 925 g/mol. The van der Waals surface area contributed by atoms with Crippen molar-refractivity contribution in [3.8, 4) is 11.5 Å². The van der Waals surface area contributed by atoms with Crippen molar-refractivity contribution in [1.29, 1.82) is 0 Å². The van der Waals surface area contributed by atoms with Gasteiger partial charge in [0.1, 0.15) is 29.1 Å². The van der Waals surface area contributed by atoms with Crippen LogP contribution in [0, 0.1) is 81.2 Å². The normalized spacial score (nSPS) is 12.3. The fraction of sp³-hybridized carbons (Fsp3) is 0.268. The second kappa shape index (κ2) is 24.3. The number of hydrogen-bond donors (Lipinski definition) is 4. The van der Waals surface area contributed by atoms with Crippen molar-refractivity contribution in [2.75, 3.05) is 62.1 Å². The summed E-state index contributed by atoms with van der Waals surface area (Å²) in [5.41, 5.74) is 19.8. The summed E-state index contributed by atoms with van der Waals surface area (Å²) >= 11 is 0. The maximum Gasteiger partial charge on any atom is 0.313 e. The number of nitrogen functional groups attached to an aromatic ring is 4. The SMILES string of the molecule is CN(C)CCN(C)c1cc(OC2CC2)c([N+](=O)[O-])cc1N.Nc1cc([N+](=O)[O-])c(F)cc1F.Nc1cc([N+](=O)[O-])c(OC2CC2)cc1F.Nc1ccc(F)cc1F.O=[N+]([O-])c1ccc(F)cc1F. The average Bonchev–Trinajstić information content (AvgIpc) is 4.20. The molecule has 0 amide bonds. The zero-order chi connectivity index (χ0) is 51.2. The number of nitro benzene ring substituents is 4. The van der Waals surface area contributed by atoms with Gasteiger partial charge in [-0.3, -0.25) is 40.5 Å². The summed E-state index contributed by atoms with van der Waals surface area (Å²) in [5.74, 6) is -5.97. The number of likely N-dealkylation sites (N-methyl/N-ethyl adjacent to an activating group) is 2. The lowest BCUT2D eigenvalue weighted by Crippen LogP contribution is -2.29. The topological polar surface area (TPSA) is 302 Å². The lowest BCUT2D eigenvalue weighted by atomic mass is 10.2. The van der Waals surface area contributed by atoms with Gasteiger partial charge in [-0.15, -0.1) is 0 Å². The van der Waals surface area contributed by atoms with Crippen molar-refractivity contribution in [2.45, 2.75) is 37.9 Å². The summed E-state index contributed by atoms with van der Waals surface area (Å²) in [4.78, 5) is 42.9. The molecule has 68 heavy (non-hydrogen) atoms. The Kier molecular flexibility index (Phi) is 19.4. The van der Waals surface area contributed by atoms with E-state index in [1.54, 1.807) is 6.07 Å². The molecule has 366 valence electrons. The zero-order valence-electron chi connectivity index (χ0n) is 36.0. The molecule has 0 bridgehead atoms. The lowest BCUT2D eigenvalue weighted by molar-refractivity contribution is -0.387. The second-order valence-electron chi connectivity index (χ2n) is 14.7. The summed E-state index contributed by atoms with van der Waals surface area (Å²) < 4.78 is 97.8. The van der Waals surface area contributed by atoms with Gasteiger partial charge in [-0.1, -0.05) is 0 Å². The Bertz CT molecular complexity index is 2630. The number of ether oxygens (including phenoxy) is 2. The quantitative estimate of drug-likeness (QED) is 0.0394. The van der Waals surface area contributed by atoms with Crippen LogP contribution in [0.15, 0.2) is 72.8 Å². The van der Waals surface area contributed by atoms with E-state index in [1.807, 2.05) is 26.0 Å². The van der Waals surface area contributed by atoms with E-state index in [2.05, 4.69) is 4.90 Å². The third kappa shape index (κ3) is 17.0. The smallest absolute Gasteiger partial charge is 0.313 e. The molecule has 20 nitrogen and oxygen atoms in total. The van der Waals surface area contributed by atoms with Crippen LogP contribution in [0.25, 0.3) is 0 Å². The highest BCUT2D eigenvalue weighted by Gasteiger charge is 2.30. The largest absolute Gasteiger partial charge is 0.483 e. The maximum atomic E-state index is 13.1. The molecule has 2 saturated carbocycles. The van der Waals surface area contributed by atoms with E-state index >= 15 is 0 Å². The number of rotatable bonds is 12. The van der Waals surface area contributed by atoms with Gasteiger partial charge in [-0.2, -0.15) is 8.78 Å². The molecule has 2 aliphatic rings. The Hall–Kier alpha value is -8.23. The van der Waals surface area contributed by atoms with E-state index in [4.69, 9.17) is 32.4 Å². The van der Waals surface area contributed by atoms with Gasteiger partial charge in [0.05, 0.1) is 60.3 Å². The first kappa shape index (κ1) is 54.1. The molecule has 0 aliphatic heterocycles. The molecule has 0 aromatic heterocycles. The van der Waals surface area contributed by atoms with Crippen LogP contribution in [-0.2, 0) is 0 Å². The monoisotopic (exact) mass is 968 g/mol. The fourth-order valence-electron chi connectivity index (χ4n) is 4.96. The fourth-order valence-corrected chi connectivity index (χ4v) is 4.96. The van der Waals surface area contributed by atoms with Gasteiger partial charge in [0.15, 0.2) is 11.5 Å². The molecule has 2 aliphatic carbocycles. The Morgan fingerprint density at radius 3 is 1.31 bits per heavy atom. The summed E-state index contributed by atoms with van der Waals surface area (Å²) in [7, 11) is 5.91. The number of benzene rings is 5. The first-order valence-corrected chi connectivity index (χ1v) is 19.5. The van der Waals surface area contributed by atoms with Crippen LogP contribution in [-0.4, -0.2) is 71.0 Å². The average molecular weight is 969 g/mol. The third-order valence-electron chi connectivity index (χ3n) is 8.84. The molecule has 0 saturated heterocycles. The number of nitrogens with zero attached hydrogens (tertiary/aromatic N) is 6. The van der Waals surface area contributed by atoms with Gasteiger partial charge in [0.2, 0.25) is 11.6 Å². The van der Waals surface area contributed by atoms with E-state index in [9.17, 15) is 71.2 Å². The molecular formula is C41H43F7N10O10. The van der Waals surface area contributed by atoms with Crippen molar-refractivity contribution in [2.24, 2.45) is 0 Å². The van der Waals surface area contributed by atoms with Crippen molar-refractivity contribution in [3.63, 3.8) is 0 Å². The van der Waals surface area contributed by atoms with Crippen molar-refractivity contribution < 1.29 is 59.9 Å². The van der Waals surface area contributed by atoms with Gasteiger partial charge >= 0.3 is 22.7 Å². The highest BCUT2D eigenvalue weighted by atomic mass is 19.2. The number of nitro groups is 4. The Morgan fingerprint density at radius 2 is 0.882 bits per heavy atom. The summed E-state index contributed by atoms with van der Waals surface area (Å²) in [6.45, 7) is 1.64. The molecule has 0 unspecified atom stereocenters. The van der Waals surface area contributed by atoms with E-state index in [-0.39, 0.29) is 40.7 Å². The van der Waals surface area contributed by atoms with E-state index in [0.717, 1.165) is 80.9 Å². The van der Waals surface area contributed by atoms with Crippen molar-refractivity contribution >= 4 is 51.2 Å². The minimum absolute atomic E-state index is 0.0216. The van der Waals surface area contributed by atoms with Gasteiger partial charge in [-0.05, 0) is 58.0 Å². The summed E-state index contributed by atoms with van der Waals surface area (Å²) in [5, 5.41) is 41.8. The highest BCUT2D eigenvalue weighted by Crippen LogP contribution is 2.40. The predicted octanol–water partition coefficient (Wildman–Crippen LogP) is 8.45. The van der Waals surface area contributed by atoms with Gasteiger partial charge in [-0.25, -0.2) is 22.0 Å². The zero-order valence-corrected chi connectivity index (χ0v) is 36.0. The van der Waals surface area contributed by atoms with Gasteiger partial charge in [0, 0.05) is 74.7 Å². The van der Waals surface area contributed by atoms with Crippen LogP contribution in [0.2, 0.25) is 0 Å². The minimum Gasteiger partial charge on any atom is -0.483 e. The molecule has 0 atom stereocenters. The number of nitrogens with two attached hydrogens (primary N) is 4. The first-order chi connectivity index (χ1) is 31.8. The predicted molar refractivity (Wildman–Crippen MR) is 235 cm³/mol. The molecule has 5 aromatic rings. The molecule has 7 rings (SSSR count). The van der Waals surface area contributed by atoms with Crippen molar-refractivity contribution in [3.05, 3.63) is 154 Å². The number of halogens is 7. The van der Waals surface area contributed by atoms with Crippen LogP contribution in [0.4, 0.5) is 81.9 Å². The van der Waals surface area contributed by atoms with Crippen LogP contribution in [0.1, 0.15) is 25.7 Å². The number of anilines is 5. The highest BCUT2D eigenvalue weighted by molar-refractivity contribution is 5.74. The number of hydrogen-bond acceptors (Lipinski definition) is 16. The van der Waals surface area contributed by atoms with Gasteiger partial charge in [0.25, 0.3) is 0 Å². The Morgan fingerprint density at radius 1 is 0.485 bits per heavy atom. The van der Waals surface area contributed by atoms with Crippen molar-refractivity contribution in [1.82, 2.24) is 4.90 Å². The minimum atomic E-state index is -1.23. The summed E-state index contributed by atoms with van der Waals surface area (Å²) in [6, 6.07) is 11.2. The van der Waals surface area contributed by atoms with Crippen LogP contribution in [0.3, 0.4) is 0 Å². The molecule has 2 fully saturated rings. The molecule has 0 spiro atoms. The van der Waals surface area contributed by atoms with Gasteiger partial charge < -0.3 is 42.2 Å². The third-order valence-corrected chi connectivity index (χ3v) is 8.84. The molecule has 0 heterocycles. The first-order valence-electron chi connectivity index (χ1n) is 19.5. The molecule has 27 heteroatoms. The van der Waals surface area contributed by atoms with E-state index in [0.29, 0.717) is 29.6 Å². The Balaban J connectivity index is 0.000000233. The second-order valence-corrected chi connectivity index (χ2v) is 14.7. The maximum absolute atomic E-state index is 13.1. The van der Waals surface area contributed by atoms with E-state index in [1.165, 1.54) is 12.1 Å². The van der Waals surface area contributed by atoms with Crippen LogP contribution in [0.5, 0.6) is 11.5 Å². The summed E-state index contributed by atoms with van der Waals surface area (Å²) in [6.07, 6.45) is 3.69. The lowest BCUT2D eigenvalue weighted by Gasteiger charge is -2.23. The molecule has 8 N–H and O–H groups in total. The standard InChI is InChI=1S/C14H22N4O3.C9H9FN2O3.C6H4F2N2O2.C6H3F2NO2.C6H5F2N/c1-16(2)6-7-17(3)12-9-14(21-10-4-5-10)13(18(19)20)8-11(12)15;10-6-3-9(15-5-1-2-5)8(12(13)14)4-7(6)11;7-3-1-4(8)6(10(11)12)2-5(3)9;7-4-1-2-6(9(10)11)5(8)3-4;7-4-1-2-6(9)5(8)3-4/h8-10H,4-7,15H2,1-3H3;3-5H,1-2,11H2;1-2H,9H2;1-3H;1-3H,9H2. The Labute approximate surface area is 381 Å². The van der Waals surface area contributed by atoms with Crippen LogP contribution < -0.4 is 37.3 Å². The molecule has 5 aromatic carbocycles. The van der Waals surface area contributed by atoms with E-state index < -0.39 is 77.5 Å². The molecule has 0 radical (unpaired) electrons. The van der Waals surface area contributed by atoms with Crippen LogP contribution >= 0.6 is 0 Å².